The van der Waals surface area contributed by atoms with E-state index in [1.54, 1.807) is 0 Å². The van der Waals surface area contributed by atoms with E-state index in [9.17, 15) is 4.79 Å². The Morgan fingerprint density at radius 1 is 1.31 bits per heavy atom. The summed E-state index contributed by atoms with van der Waals surface area (Å²) < 4.78 is 10.9. The van der Waals surface area contributed by atoms with Gasteiger partial charge in [0.05, 0.1) is 5.54 Å². The number of nitrogens with zero attached hydrogens (tertiary/aromatic N) is 1. The molecule has 1 spiro atoms. The fraction of sp³-hybridized carbons (Fsp3) is 0.583. The van der Waals surface area contributed by atoms with E-state index in [0.29, 0.717) is 6.79 Å². The quantitative estimate of drug-likeness (QED) is 0.599. The average Bonchev–Trinajstić information content (AvgIpc) is 2.93. The van der Waals surface area contributed by atoms with Crippen molar-refractivity contribution >= 4 is 5.91 Å². The molecule has 0 bridgehead atoms. The van der Waals surface area contributed by atoms with Crippen molar-refractivity contribution in [1.82, 2.24) is 4.90 Å². The molecule has 16 heavy (non-hydrogen) atoms. The zero-order valence-electron chi connectivity index (χ0n) is 9.10. The molecule has 1 amide bonds. The lowest BCUT2D eigenvalue weighted by atomic mass is 9.91. The molecule has 4 aliphatic rings. The van der Waals surface area contributed by atoms with E-state index in [1.165, 1.54) is 5.57 Å². The van der Waals surface area contributed by atoms with Crippen molar-refractivity contribution in [1.29, 1.82) is 0 Å². The van der Waals surface area contributed by atoms with Crippen LogP contribution in [-0.2, 0) is 14.3 Å². The number of amides is 1. The molecule has 2 aliphatic carbocycles. The van der Waals surface area contributed by atoms with Gasteiger partial charge in [-0.25, -0.2) is 0 Å². The van der Waals surface area contributed by atoms with Crippen LogP contribution >= 0.6 is 0 Å². The summed E-state index contributed by atoms with van der Waals surface area (Å²) in [6, 6.07) is 0. The number of ether oxygens (including phenoxy) is 2. The van der Waals surface area contributed by atoms with Gasteiger partial charge in [0.25, 0.3) is 5.91 Å². The second-order valence-electron chi connectivity index (χ2n) is 4.94. The average molecular weight is 219 g/mol. The van der Waals surface area contributed by atoms with E-state index >= 15 is 0 Å². The predicted molar refractivity (Wildman–Crippen MR) is 55.5 cm³/mol. The van der Waals surface area contributed by atoms with Crippen molar-refractivity contribution < 1.29 is 14.3 Å². The van der Waals surface area contributed by atoms with E-state index in [0.717, 1.165) is 18.4 Å². The number of rotatable bonds is 0. The van der Waals surface area contributed by atoms with Gasteiger partial charge in [-0.3, -0.25) is 4.79 Å². The molecule has 4 rings (SSSR count). The van der Waals surface area contributed by atoms with Gasteiger partial charge in [0.1, 0.15) is 19.0 Å². The van der Waals surface area contributed by atoms with Crippen molar-refractivity contribution in [2.45, 2.75) is 30.6 Å². The van der Waals surface area contributed by atoms with E-state index in [1.807, 2.05) is 18.0 Å². The van der Waals surface area contributed by atoms with Gasteiger partial charge in [-0.2, -0.15) is 0 Å². The minimum absolute atomic E-state index is 0.000162. The number of fused-ring (bicyclic) bond motifs is 3. The molecule has 4 heteroatoms. The van der Waals surface area contributed by atoms with E-state index < -0.39 is 0 Å². The van der Waals surface area contributed by atoms with Crippen molar-refractivity contribution in [3.8, 4) is 0 Å². The highest BCUT2D eigenvalue weighted by Crippen LogP contribution is 2.56. The van der Waals surface area contributed by atoms with Crippen molar-refractivity contribution in [2.24, 2.45) is 0 Å². The molecule has 0 radical (unpaired) electrons. The summed E-state index contributed by atoms with van der Waals surface area (Å²) >= 11 is 0. The Bertz CT molecular complexity index is 447. The van der Waals surface area contributed by atoms with Crippen LogP contribution in [0.5, 0.6) is 0 Å². The van der Waals surface area contributed by atoms with Gasteiger partial charge >= 0.3 is 0 Å². The maximum absolute atomic E-state index is 12.1. The molecule has 3 fully saturated rings. The molecule has 0 N–H and O–H groups in total. The first kappa shape index (κ1) is 8.96. The van der Waals surface area contributed by atoms with Gasteiger partial charge in [-0.05, 0) is 30.6 Å². The van der Waals surface area contributed by atoms with E-state index in [4.69, 9.17) is 9.47 Å². The molecule has 2 aliphatic heterocycles. The fourth-order valence-corrected chi connectivity index (χ4v) is 3.05. The summed E-state index contributed by atoms with van der Waals surface area (Å²) in [6.45, 7) is 0.333. The standard InChI is InChI=1S/C12H13NO3/c1-13-11(14)7-4-9-10(16-6-15-9)5-8(7)12(13)2-3-12/h4-5,9-10H,2-3,6H2,1H3. The number of carbonyl (C=O) groups excluding carboxylic acids is 1. The summed E-state index contributed by atoms with van der Waals surface area (Å²) in [5.41, 5.74) is 2.01. The molecule has 0 aromatic rings. The number of hydrogen-bond donors (Lipinski definition) is 0. The maximum atomic E-state index is 12.1. The van der Waals surface area contributed by atoms with Crippen LogP contribution in [0.1, 0.15) is 12.8 Å². The summed E-state index contributed by atoms with van der Waals surface area (Å²) in [5, 5.41) is 0. The third-order valence-corrected chi connectivity index (χ3v) is 4.20. The highest BCUT2D eigenvalue weighted by molar-refractivity contribution is 6.04. The predicted octanol–water partition coefficient (Wildman–Crippen LogP) is 0.599. The summed E-state index contributed by atoms with van der Waals surface area (Å²) in [5.74, 6) is 0.137. The summed E-state index contributed by atoms with van der Waals surface area (Å²) in [7, 11) is 1.90. The van der Waals surface area contributed by atoms with E-state index in [2.05, 4.69) is 6.08 Å². The summed E-state index contributed by atoms with van der Waals surface area (Å²) in [6.07, 6.45) is 6.15. The van der Waals surface area contributed by atoms with Gasteiger partial charge in [0.2, 0.25) is 0 Å². The molecule has 0 aromatic carbocycles. The van der Waals surface area contributed by atoms with Gasteiger partial charge in [0, 0.05) is 12.6 Å². The van der Waals surface area contributed by atoms with Crippen LogP contribution < -0.4 is 0 Å². The van der Waals surface area contributed by atoms with Crippen LogP contribution in [0.4, 0.5) is 0 Å². The Morgan fingerprint density at radius 3 is 2.69 bits per heavy atom. The number of likely N-dealkylation sites (tertiary alicyclic amines) is 1. The second-order valence-corrected chi connectivity index (χ2v) is 4.94. The molecule has 2 atom stereocenters. The molecule has 2 heterocycles. The van der Waals surface area contributed by atoms with Crippen molar-refractivity contribution in [2.75, 3.05) is 13.8 Å². The van der Waals surface area contributed by atoms with Crippen LogP contribution in [0.15, 0.2) is 23.3 Å². The molecule has 2 unspecified atom stereocenters. The Kier molecular flexibility index (Phi) is 1.44. The first-order valence-electron chi connectivity index (χ1n) is 5.68. The first-order chi connectivity index (χ1) is 7.72. The first-order valence-corrected chi connectivity index (χ1v) is 5.68. The SMILES string of the molecule is CN1C(=O)C2=CC3OCOC3C=C2C12CC2. The smallest absolute Gasteiger partial charge is 0.254 e. The highest BCUT2D eigenvalue weighted by atomic mass is 16.7. The normalized spacial score (nSPS) is 38.3. The van der Waals surface area contributed by atoms with Crippen molar-refractivity contribution in [3.05, 3.63) is 23.3 Å². The zero-order chi connectivity index (χ0) is 10.9. The van der Waals surface area contributed by atoms with Gasteiger partial charge in [-0.1, -0.05) is 0 Å². The lowest BCUT2D eigenvalue weighted by molar-refractivity contribution is -0.125. The molecule has 2 saturated heterocycles. The van der Waals surface area contributed by atoms with Gasteiger partial charge in [0.15, 0.2) is 0 Å². The van der Waals surface area contributed by atoms with Crippen LogP contribution in [0.2, 0.25) is 0 Å². The molecule has 4 nitrogen and oxygen atoms in total. The lowest BCUT2D eigenvalue weighted by Gasteiger charge is -2.21. The molecule has 1 saturated carbocycles. The number of likely N-dealkylation sites (N-methyl/N-ethyl adjacent to an activating group) is 1. The lowest BCUT2D eigenvalue weighted by Crippen LogP contribution is -2.31. The monoisotopic (exact) mass is 219 g/mol. The molecule has 0 aromatic heterocycles. The Hall–Kier alpha value is -1.13. The van der Waals surface area contributed by atoms with Crippen LogP contribution in [-0.4, -0.2) is 42.4 Å². The Labute approximate surface area is 93.5 Å². The molecular weight excluding hydrogens is 206 g/mol. The van der Waals surface area contributed by atoms with Crippen molar-refractivity contribution in [3.63, 3.8) is 0 Å². The largest absolute Gasteiger partial charge is 0.345 e. The molecular formula is C12H13NO3. The Morgan fingerprint density at radius 2 is 2.00 bits per heavy atom. The summed E-state index contributed by atoms with van der Waals surface area (Å²) in [4.78, 5) is 14.0. The second kappa shape index (κ2) is 2.57. The van der Waals surface area contributed by atoms with Crippen LogP contribution in [0, 0.1) is 0 Å². The third-order valence-electron chi connectivity index (χ3n) is 4.20. The highest BCUT2D eigenvalue weighted by Gasteiger charge is 2.59. The number of hydrogen-bond acceptors (Lipinski definition) is 3. The van der Waals surface area contributed by atoms with Gasteiger partial charge < -0.3 is 14.4 Å². The minimum atomic E-state index is -0.0648. The van der Waals surface area contributed by atoms with Crippen LogP contribution in [0.3, 0.4) is 0 Å². The fourth-order valence-electron chi connectivity index (χ4n) is 3.05. The Balaban J connectivity index is 1.85. The van der Waals surface area contributed by atoms with E-state index in [-0.39, 0.29) is 23.7 Å². The minimum Gasteiger partial charge on any atom is -0.345 e. The maximum Gasteiger partial charge on any atom is 0.254 e. The van der Waals surface area contributed by atoms with Gasteiger partial charge in [-0.15, -0.1) is 0 Å². The molecule has 84 valence electrons. The third kappa shape index (κ3) is 0.862. The zero-order valence-corrected chi connectivity index (χ0v) is 9.10. The topological polar surface area (TPSA) is 38.8 Å². The van der Waals surface area contributed by atoms with Crippen LogP contribution in [0.25, 0.3) is 0 Å². The number of carbonyl (C=O) groups is 1.